The van der Waals surface area contributed by atoms with E-state index in [-0.39, 0.29) is 5.78 Å². The number of ketones is 1. The number of nitrogens with zero attached hydrogens (tertiary/aromatic N) is 2. The molecule has 4 heteroatoms. The molecule has 0 aliphatic heterocycles. The van der Waals surface area contributed by atoms with Crippen LogP contribution >= 0.6 is 11.8 Å². The Morgan fingerprint density at radius 1 is 1.44 bits per heavy atom. The molecule has 1 heterocycles. The molecule has 0 atom stereocenters. The first-order valence-electron chi connectivity index (χ1n) is 5.13. The van der Waals surface area contributed by atoms with Crippen molar-refractivity contribution in [2.24, 2.45) is 7.05 Å². The van der Waals surface area contributed by atoms with Gasteiger partial charge in [-0.25, -0.2) is 0 Å². The van der Waals surface area contributed by atoms with Gasteiger partial charge < -0.3 is 0 Å². The molecule has 0 radical (unpaired) electrons. The van der Waals surface area contributed by atoms with Crippen molar-refractivity contribution in [3.8, 4) is 0 Å². The van der Waals surface area contributed by atoms with Gasteiger partial charge in [0.2, 0.25) is 0 Å². The largest absolute Gasteiger partial charge is 0.298 e. The van der Waals surface area contributed by atoms with Gasteiger partial charge in [0.25, 0.3) is 0 Å². The molecule has 0 bridgehead atoms. The normalized spacial score (nSPS) is 10.9. The molecule has 0 saturated carbocycles. The van der Waals surface area contributed by atoms with E-state index in [9.17, 15) is 4.79 Å². The van der Waals surface area contributed by atoms with Crippen molar-refractivity contribution in [2.45, 2.75) is 6.42 Å². The monoisotopic (exact) mass is 234 g/mol. The smallest absolute Gasteiger partial charge is 0.148 e. The second kappa shape index (κ2) is 4.70. The fraction of sp³-hybridized carbons (Fsp3) is 0.333. The summed E-state index contributed by atoms with van der Waals surface area (Å²) in [6.07, 6.45) is 2.37. The highest BCUT2D eigenvalue weighted by Crippen LogP contribution is 2.18. The van der Waals surface area contributed by atoms with Crippen molar-refractivity contribution < 1.29 is 4.79 Å². The highest BCUT2D eigenvalue weighted by molar-refractivity contribution is 7.99. The summed E-state index contributed by atoms with van der Waals surface area (Å²) in [4.78, 5) is 11.6. The number of para-hydroxylation sites is 1. The maximum absolute atomic E-state index is 11.6. The predicted molar refractivity (Wildman–Crippen MR) is 67.8 cm³/mol. The zero-order chi connectivity index (χ0) is 11.5. The average Bonchev–Trinajstić information content (AvgIpc) is 2.57. The minimum atomic E-state index is 0.233. The van der Waals surface area contributed by atoms with Crippen molar-refractivity contribution in [1.82, 2.24) is 9.78 Å². The Morgan fingerprint density at radius 2 is 2.19 bits per heavy atom. The van der Waals surface area contributed by atoms with Crippen LogP contribution in [0.3, 0.4) is 0 Å². The van der Waals surface area contributed by atoms with Crippen LogP contribution < -0.4 is 0 Å². The molecule has 84 valence electrons. The maximum Gasteiger partial charge on any atom is 0.148 e. The summed E-state index contributed by atoms with van der Waals surface area (Å²) in [5.74, 6) is 0.793. The van der Waals surface area contributed by atoms with E-state index in [2.05, 4.69) is 5.10 Å². The zero-order valence-electron chi connectivity index (χ0n) is 9.43. The average molecular weight is 234 g/mol. The Morgan fingerprint density at radius 3 is 2.94 bits per heavy atom. The topological polar surface area (TPSA) is 34.9 Å². The van der Waals surface area contributed by atoms with Crippen molar-refractivity contribution in [3.05, 3.63) is 30.0 Å². The first-order valence-corrected chi connectivity index (χ1v) is 6.53. The third-order valence-electron chi connectivity index (χ3n) is 2.50. The van der Waals surface area contributed by atoms with Crippen LogP contribution in [0.1, 0.15) is 5.69 Å². The van der Waals surface area contributed by atoms with Gasteiger partial charge in [0.1, 0.15) is 5.78 Å². The van der Waals surface area contributed by atoms with Crippen molar-refractivity contribution in [2.75, 3.05) is 12.0 Å². The summed E-state index contributed by atoms with van der Waals surface area (Å²) < 4.78 is 1.83. The molecule has 3 nitrogen and oxygen atoms in total. The lowest BCUT2D eigenvalue weighted by atomic mass is 10.1. The molecule has 0 unspecified atom stereocenters. The van der Waals surface area contributed by atoms with Crippen molar-refractivity contribution in [1.29, 1.82) is 0 Å². The number of carbonyl (C=O) groups is 1. The molecule has 2 aromatic rings. The second-order valence-electron chi connectivity index (χ2n) is 3.74. The van der Waals surface area contributed by atoms with Gasteiger partial charge in [-0.2, -0.15) is 16.9 Å². The zero-order valence-corrected chi connectivity index (χ0v) is 10.3. The summed E-state index contributed by atoms with van der Waals surface area (Å²) in [6, 6.07) is 8.00. The van der Waals surface area contributed by atoms with E-state index in [1.54, 1.807) is 11.8 Å². The van der Waals surface area contributed by atoms with Crippen LogP contribution in [0, 0.1) is 0 Å². The highest BCUT2D eigenvalue weighted by atomic mass is 32.2. The number of fused-ring (bicyclic) bond motifs is 1. The first-order chi connectivity index (χ1) is 7.72. The predicted octanol–water partition coefficient (Wildman–Crippen LogP) is 2.05. The Labute approximate surface area is 98.8 Å². The molecule has 0 spiro atoms. The van der Waals surface area contributed by atoms with Crippen LogP contribution in [0.5, 0.6) is 0 Å². The standard InChI is InChI=1S/C12H14N2OS/c1-14-12-6-4-3-5-10(12)11(13-14)7-9(15)8-16-2/h3-6H,7-8H2,1-2H3. The molecule has 0 aliphatic rings. The van der Waals surface area contributed by atoms with E-state index in [1.165, 1.54) is 0 Å². The molecule has 16 heavy (non-hydrogen) atoms. The SMILES string of the molecule is CSCC(=O)Cc1nn(C)c2ccccc12. The Balaban J connectivity index is 2.34. The van der Waals surface area contributed by atoms with Crippen molar-refractivity contribution >= 4 is 28.4 Å². The van der Waals surface area contributed by atoms with Gasteiger partial charge in [0, 0.05) is 12.4 Å². The lowest BCUT2D eigenvalue weighted by Crippen LogP contribution is -2.06. The molecular weight excluding hydrogens is 220 g/mol. The molecule has 2 rings (SSSR count). The number of benzene rings is 1. The molecule has 0 aliphatic carbocycles. The molecule has 0 saturated heterocycles. The minimum absolute atomic E-state index is 0.233. The number of aromatic nitrogens is 2. The maximum atomic E-state index is 11.6. The van der Waals surface area contributed by atoms with Gasteiger partial charge in [-0.15, -0.1) is 0 Å². The summed E-state index contributed by atoms with van der Waals surface area (Å²) in [5, 5.41) is 5.48. The van der Waals surface area contributed by atoms with E-state index < -0.39 is 0 Å². The van der Waals surface area contributed by atoms with Crippen LogP contribution in [0.15, 0.2) is 24.3 Å². The van der Waals surface area contributed by atoms with Crippen molar-refractivity contribution in [3.63, 3.8) is 0 Å². The number of carbonyl (C=O) groups excluding carboxylic acids is 1. The molecular formula is C12H14N2OS. The van der Waals surface area contributed by atoms with Crippen LogP contribution in [-0.2, 0) is 18.3 Å². The summed E-state index contributed by atoms with van der Waals surface area (Å²) in [7, 11) is 1.91. The molecule has 1 aromatic carbocycles. The number of hydrogen-bond acceptors (Lipinski definition) is 3. The van der Waals surface area contributed by atoms with E-state index in [0.717, 1.165) is 16.6 Å². The molecule has 0 fully saturated rings. The Hall–Kier alpha value is -1.29. The van der Waals surface area contributed by atoms with Gasteiger partial charge >= 0.3 is 0 Å². The molecule has 0 N–H and O–H groups in total. The first kappa shape index (κ1) is 11.2. The van der Waals surface area contributed by atoms with Crippen LogP contribution in [0.4, 0.5) is 0 Å². The lowest BCUT2D eigenvalue weighted by molar-refractivity contribution is -0.116. The van der Waals surface area contributed by atoms with E-state index >= 15 is 0 Å². The van der Waals surface area contributed by atoms with Crippen LogP contribution in [0.2, 0.25) is 0 Å². The summed E-state index contributed by atoms with van der Waals surface area (Å²) >= 11 is 1.56. The van der Waals surface area contributed by atoms with Gasteiger partial charge in [0.15, 0.2) is 0 Å². The molecule has 0 amide bonds. The minimum Gasteiger partial charge on any atom is -0.298 e. The molecule has 1 aromatic heterocycles. The Bertz CT molecular complexity index is 519. The third kappa shape index (κ3) is 2.11. The fourth-order valence-corrected chi connectivity index (χ4v) is 2.24. The lowest BCUT2D eigenvalue weighted by Gasteiger charge is -1.95. The third-order valence-corrected chi connectivity index (χ3v) is 3.11. The summed E-state index contributed by atoms with van der Waals surface area (Å²) in [6.45, 7) is 0. The number of thioether (sulfide) groups is 1. The quantitative estimate of drug-likeness (QED) is 0.812. The number of aryl methyl sites for hydroxylation is 1. The van der Waals surface area contributed by atoms with E-state index in [1.807, 2.05) is 42.3 Å². The number of hydrogen-bond donors (Lipinski definition) is 0. The summed E-state index contributed by atoms with van der Waals surface area (Å²) in [5.41, 5.74) is 1.96. The van der Waals surface area contributed by atoms with Gasteiger partial charge in [-0.1, -0.05) is 18.2 Å². The number of rotatable bonds is 4. The van der Waals surface area contributed by atoms with Gasteiger partial charge in [0.05, 0.1) is 23.4 Å². The fourth-order valence-electron chi connectivity index (χ4n) is 1.82. The van der Waals surface area contributed by atoms with Gasteiger partial charge in [-0.05, 0) is 12.3 Å². The van der Waals surface area contributed by atoms with E-state index in [0.29, 0.717) is 12.2 Å². The van der Waals surface area contributed by atoms with Crippen LogP contribution in [0.25, 0.3) is 10.9 Å². The number of Topliss-reactive ketones (excluding diaryl/α,β-unsaturated/α-hetero) is 1. The van der Waals surface area contributed by atoms with Gasteiger partial charge in [-0.3, -0.25) is 9.48 Å². The Kier molecular flexibility index (Phi) is 3.29. The van der Waals surface area contributed by atoms with E-state index in [4.69, 9.17) is 0 Å². The van der Waals surface area contributed by atoms with Crippen LogP contribution in [-0.4, -0.2) is 27.6 Å². The second-order valence-corrected chi connectivity index (χ2v) is 4.60. The highest BCUT2D eigenvalue weighted by Gasteiger charge is 2.11.